The number of rotatable bonds is 3. The third-order valence-electron chi connectivity index (χ3n) is 2.95. The number of anilines is 1. The highest BCUT2D eigenvalue weighted by Crippen LogP contribution is 2.23. The minimum atomic E-state index is -3.18. The molecule has 0 unspecified atom stereocenters. The topological polar surface area (TPSA) is 53.5 Å². The van der Waals surface area contributed by atoms with E-state index >= 15 is 0 Å². The molecule has 6 heteroatoms. The van der Waals surface area contributed by atoms with Crippen LogP contribution in [0.1, 0.15) is 5.56 Å². The van der Waals surface area contributed by atoms with Crippen LogP contribution in [-0.4, -0.2) is 43.6 Å². The molecule has 0 aliphatic carbocycles. The molecule has 0 bridgehead atoms. The second-order valence-electron chi connectivity index (χ2n) is 4.32. The summed E-state index contributed by atoms with van der Waals surface area (Å²) >= 11 is 0. The lowest BCUT2D eigenvalue weighted by atomic mass is 10.2. The Morgan fingerprint density at radius 1 is 1.50 bits per heavy atom. The number of hydrogen-bond donors (Lipinski definition) is 0. The number of pyridine rings is 1. The Kier molecular flexibility index (Phi) is 3.68. The van der Waals surface area contributed by atoms with E-state index in [1.165, 1.54) is 10.6 Å². The summed E-state index contributed by atoms with van der Waals surface area (Å²) in [5.41, 5.74) is 0.933. The van der Waals surface area contributed by atoms with Gasteiger partial charge in [-0.1, -0.05) is 12.1 Å². The third kappa shape index (κ3) is 2.70. The van der Waals surface area contributed by atoms with Gasteiger partial charge in [-0.2, -0.15) is 4.31 Å². The molecule has 1 aliphatic heterocycles. The SMILES string of the molecule is C=CCN1CCN(S(C)(=O)=O)Cc2cccnc21. The van der Waals surface area contributed by atoms with Crippen molar-refractivity contribution >= 4 is 15.8 Å². The quantitative estimate of drug-likeness (QED) is 0.762. The lowest BCUT2D eigenvalue weighted by Gasteiger charge is -2.21. The smallest absolute Gasteiger partial charge is 0.211 e. The zero-order valence-electron chi connectivity index (χ0n) is 10.4. The molecule has 0 radical (unpaired) electrons. The highest BCUT2D eigenvalue weighted by atomic mass is 32.2. The van der Waals surface area contributed by atoms with Crippen molar-refractivity contribution in [3.63, 3.8) is 0 Å². The Labute approximate surface area is 108 Å². The largest absolute Gasteiger partial charge is 0.351 e. The van der Waals surface area contributed by atoms with Crippen LogP contribution in [0.2, 0.25) is 0 Å². The first kappa shape index (κ1) is 13.0. The summed E-state index contributed by atoms with van der Waals surface area (Å²) in [6.07, 6.45) is 4.77. The van der Waals surface area contributed by atoms with Gasteiger partial charge in [0.25, 0.3) is 0 Å². The molecule has 0 aromatic carbocycles. The maximum Gasteiger partial charge on any atom is 0.211 e. The molecular formula is C12H17N3O2S. The van der Waals surface area contributed by atoms with Crippen molar-refractivity contribution in [1.29, 1.82) is 0 Å². The Balaban J connectivity index is 2.38. The molecule has 1 aromatic heterocycles. The van der Waals surface area contributed by atoms with E-state index in [9.17, 15) is 8.42 Å². The first-order valence-corrected chi connectivity index (χ1v) is 7.62. The fourth-order valence-electron chi connectivity index (χ4n) is 2.06. The molecule has 2 rings (SSSR count). The molecular weight excluding hydrogens is 250 g/mol. The zero-order valence-corrected chi connectivity index (χ0v) is 11.2. The van der Waals surface area contributed by atoms with Crippen molar-refractivity contribution in [2.24, 2.45) is 0 Å². The summed E-state index contributed by atoms with van der Waals surface area (Å²) in [4.78, 5) is 6.40. The lowest BCUT2D eigenvalue weighted by Crippen LogP contribution is -2.34. The van der Waals surface area contributed by atoms with Crippen LogP contribution in [0.25, 0.3) is 0 Å². The normalized spacial score (nSPS) is 17.1. The Hall–Kier alpha value is -1.40. The van der Waals surface area contributed by atoms with Crippen molar-refractivity contribution in [2.45, 2.75) is 6.54 Å². The molecule has 0 saturated heterocycles. The summed E-state index contributed by atoms with van der Waals surface area (Å²) in [6.45, 7) is 5.88. The van der Waals surface area contributed by atoms with Crippen molar-refractivity contribution in [1.82, 2.24) is 9.29 Å². The summed E-state index contributed by atoms with van der Waals surface area (Å²) in [5.74, 6) is 0.851. The van der Waals surface area contributed by atoms with Crippen LogP contribution in [0.4, 0.5) is 5.82 Å². The van der Waals surface area contributed by atoms with Crippen LogP contribution in [0.3, 0.4) is 0 Å². The van der Waals surface area contributed by atoms with E-state index in [2.05, 4.69) is 11.6 Å². The number of hydrogen-bond acceptors (Lipinski definition) is 4. The van der Waals surface area contributed by atoms with Crippen LogP contribution in [0, 0.1) is 0 Å². The summed E-state index contributed by atoms with van der Waals surface area (Å²) in [6, 6.07) is 3.75. The van der Waals surface area contributed by atoms with E-state index in [1.54, 1.807) is 12.3 Å². The average molecular weight is 267 g/mol. The molecule has 0 spiro atoms. The molecule has 1 aromatic rings. The second kappa shape index (κ2) is 5.07. The third-order valence-corrected chi connectivity index (χ3v) is 4.20. The Morgan fingerprint density at radius 2 is 2.28 bits per heavy atom. The molecule has 2 heterocycles. The maximum atomic E-state index is 11.7. The van der Waals surface area contributed by atoms with Crippen molar-refractivity contribution in [3.05, 3.63) is 36.5 Å². The van der Waals surface area contributed by atoms with Gasteiger partial charge < -0.3 is 4.90 Å². The van der Waals surface area contributed by atoms with E-state index < -0.39 is 10.0 Å². The number of sulfonamides is 1. The molecule has 0 N–H and O–H groups in total. The van der Waals surface area contributed by atoms with Gasteiger partial charge in [0.15, 0.2) is 0 Å². The van der Waals surface area contributed by atoms with Gasteiger partial charge in [0.05, 0.1) is 6.26 Å². The molecule has 98 valence electrons. The molecule has 1 aliphatic rings. The second-order valence-corrected chi connectivity index (χ2v) is 6.30. The Morgan fingerprint density at radius 3 is 2.94 bits per heavy atom. The van der Waals surface area contributed by atoms with E-state index in [0.717, 1.165) is 11.4 Å². The van der Waals surface area contributed by atoms with E-state index in [4.69, 9.17) is 0 Å². The molecule has 5 nitrogen and oxygen atoms in total. The van der Waals surface area contributed by atoms with Gasteiger partial charge in [0, 0.05) is 37.9 Å². The van der Waals surface area contributed by atoms with Crippen LogP contribution in [0.5, 0.6) is 0 Å². The van der Waals surface area contributed by atoms with Gasteiger partial charge in [-0.25, -0.2) is 13.4 Å². The predicted molar refractivity (Wildman–Crippen MR) is 71.9 cm³/mol. The molecule has 0 amide bonds. The maximum absolute atomic E-state index is 11.7. The predicted octanol–water partition coefficient (Wildman–Crippen LogP) is 0.849. The highest BCUT2D eigenvalue weighted by molar-refractivity contribution is 7.88. The van der Waals surface area contributed by atoms with Gasteiger partial charge >= 0.3 is 0 Å². The van der Waals surface area contributed by atoms with Crippen LogP contribution >= 0.6 is 0 Å². The highest BCUT2D eigenvalue weighted by Gasteiger charge is 2.24. The van der Waals surface area contributed by atoms with E-state index in [1.807, 2.05) is 17.0 Å². The fourth-order valence-corrected chi connectivity index (χ4v) is 2.85. The Bertz CT molecular complexity index is 542. The minimum absolute atomic E-state index is 0.385. The van der Waals surface area contributed by atoms with Crippen molar-refractivity contribution in [2.75, 3.05) is 30.8 Å². The monoisotopic (exact) mass is 267 g/mol. The molecule has 0 atom stereocenters. The van der Waals surface area contributed by atoms with Crippen molar-refractivity contribution < 1.29 is 8.42 Å². The first-order chi connectivity index (χ1) is 8.52. The van der Waals surface area contributed by atoms with Gasteiger partial charge in [-0.15, -0.1) is 6.58 Å². The van der Waals surface area contributed by atoms with Gasteiger partial charge in [0.1, 0.15) is 5.82 Å². The van der Waals surface area contributed by atoms with Gasteiger partial charge in [-0.3, -0.25) is 0 Å². The fraction of sp³-hybridized carbons (Fsp3) is 0.417. The zero-order chi connectivity index (χ0) is 13.2. The van der Waals surface area contributed by atoms with Crippen LogP contribution in [-0.2, 0) is 16.6 Å². The van der Waals surface area contributed by atoms with Crippen LogP contribution in [0.15, 0.2) is 31.0 Å². The lowest BCUT2D eigenvalue weighted by molar-refractivity contribution is 0.423. The summed E-state index contributed by atoms with van der Waals surface area (Å²) in [5, 5.41) is 0. The number of aromatic nitrogens is 1. The standard InChI is InChI=1S/C12H17N3O2S/c1-3-7-14-8-9-15(18(2,16)17)10-11-5-4-6-13-12(11)14/h3-6H,1,7-10H2,2H3. The molecule has 0 fully saturated rings. The van der Waals surface area contributed by atoms with Gasteiger partial charge in [0.2, 0.25) is 10.0 Å². The summed E-state index contributed by atoms with van der Waals surface area (Å²) < 4.78 is 24.8. The molecule has 18 heavy (non-hydrogen) atoms. The van der Waals surface area contributed by atoms with Crippen LogP contribution < -0.4 is 4.90 Å². The van der Waals surface area contributed by atoms with Gasteiger partial charge in [-0.05, 0) is 6.07 Å². The molecule has 0 saturated carbocycles. The first-order valence-electron chi connectivity index (χ1n) is 5.77. The van der Waals surface area contributed by atoms with Crippen molar-refractivity contribution in [3.8, 4) is 0 Å². The summed E-state index contributed by atoms with van der Waals surface area (Å²) in [7, 11) is -3.18. The number of nitrogens with zero attached hydrogens (tertiary/aromatic N) is 3. The number of fused-ring (bicyclic) bond motifs is 1. The van der Waals surface area contributed by atoms with E-state index in [-0.39, 0.29) is 0 Å². The minimum Gasteiger partial charge on any atom is -0.351 e. The average Bonchev–Trinajstić information content (AvgIpc) is 2.49. The van der Waals surface area contributed by atoms with E-state index in [0.29, 0.717) is 26.2 Å².